The van der Waals surface area contributed by atoms with Crippen molar-refractivity contribution in [1.82, 2.24) is 4.57 Å². The van der Waals surface area contributed by atoms with Crippen molar-refractivity contribution in [1.29, 1.82) is 0 Å². The molecule has 108 valence electrons. The van der Waals surface area contributed by atoms with Crippen LogP contribution in [0.3, 0.4) is 0 Å². The highest BCUT2D eigenvalue weighted by molar-refractivity contribution is 6.30. The molecule has 0 saturated heterocycles. The van der Waals surface area contributed by atoms with Crippen LogP contribution in [-0.4, -0.2) is 10.5 Å². The summed E-state index contributed by atoms with van der Waals surface area (Å²) >= 11 is 5.87. The molecule has 1 heterocycles. The van der Waals surface area contributed by atoms with Crippen molar-refractivity contribution in [2.75, 3.05) is 5.32 Å². The quantitative estimate of drug-likeness (QED) is 0.882. The monoisotopic (exact) mass is 302 g/mol. The highest BCUT2D eigenvalue weighted by Crippen LogP contribution is 2.12. The fraction of sp³-hybridized carbons (Fsp3) is 0.125. The fourth-order valence-electron chi connectivity index (χ4n) is 1.82. The lowest BCUT2D eigenvalue weighted by Crippen LogP contribution is -2.19. The van der Waals surface area contributed by atoms with Crippen molar-refractivity contribution in [2.24, 2.45) is 0 Å². The lowest BCUT2D eigenvalue weighted by molar-refractivity contribution is -0.111. The molecular weight excluding hydrogens is 288 g/mol. The van der Waals surface area contributed by atoms with E-state index in [1.807, 2.05) is 19.1 Å². The predicted octanol–water partition coefficient (Wildman–Crippen LogP) is 3.17. The van der Waals surface area contributed by atoms with Crippen molar-refractivity contribution in [2.45, 2.75) is 13.5 Å². The van der Waals surface area contributed by atoms with E-state index in [1.165, 1.54) is 16.7 Å². The Morgan fingerprint density at radius 3 is 2.86 bits per heavy atom. The van der Waals surface area contributed by atoms with Crippen molar-refractivity contribution >= 4 is 29.3 Å². The first-order chi connectivity index (χ1) is 10.1. The first-order valence-corrected chi connectivity index (χ1v) is 6.91. The van der Waals surface area contributed by atoms with Crippen molar-refractivity contribution in [3.05, 3.63) is 69.6 Å². The Labute approximate surface area is 127 Å². The lowest BCUT2D eigenvalue weighted by Gasteiger charge is -2.06. The third kappa shape index (κ3) is 4.33. The highest BCUT2D eigenvalue weighted by atomic mass is 35.5. The zero-order valence-electron chi connectivity index (χ0n) is 11.5. The van der Waals surface area contributed by atoms with Gasteiger partial charge in [0, 0.05) is 29.9 Å². The number of rotatable bonds is 4. The van der Waals surface area contributed by atoms with E-state index in [9.17, 15) is 9.59 Å². The minimum Gasteiger partial charge on any atom is -0.321 e. The third-order valence-corrected chi connectivity index (χ3v) is 3.10. The van der Waals surface area contributed by atoms with Crippen LogP contribution in [-0.2, 0) is 11.3 Å². The van der Waals surface area contributed by atoms with Gasteiger partial charge in [-0.15, -0.1) is 0 Å². The Morgan fingerprint density at radius 1 is 1.33 bits per heavy atom. The van der Waals surface area contributed by atoms with E-state index in [-0.39, 0.29) is 11.5 Å². The number of nitrogens with zero attached hydrogens (tertiary/aromatic N) is 1. The third-order valence-electron chi connectivity index (χ3n) is 2.87. The molecule has 0 aliphatic rings. The summed E-state index contributed by atoms with van der Waals surface area (Å²) in [6, 6.07) is 10.2. The fourth-order valence-corrected chi connectivity index (χ4v) is 2.02. The number of anilines is 1. The number of benzene rings is 1. The number of carbonyl (C=O) groups excluding carboxylic acids is 1. The second-order valence-electron chi connectivity index (χ2n) is 4.42. The molecule has 0 radical (unpaired) electrons. The lowest BCUT2D eigenvalue weighted by atomic mass is 10.2. The van der Waals surface area contributed by atoms with E-state index in [0.717, 1.165) is 5.56 Å². The molecule has 0 fully saturated rings. The van der Waals surface area contributed by atoms with Crippen LogP contribution in [0.1, 0.15) is 12.5 Å². The Bertz CT molecular complexity index is 735. The van der Waals surface area contributed by atoms with Gasteiger partial charge in [-0.3, -0.25) is 9.59 Å². The van der Waals surface area contributed by atoms with E-state index in [0.29, 0.717) is 17.3 Å². The number of pyridine rings is 1. The van der Waals surface area contributed by atoms with Crippen LogP contribution < -0.4 is 10.9 Å². The van der Waals surface area contributed by atoms with Gasteiger partial charge in [0.2, 0.25) is 5.91 Å². The first-order valence-electron chi connectivity index (χ1n) is 6.53. The number of halogens is 1. The van der Waals surface area contributed by atoms with Gasteiger partial charge >= 0.3 is 0 Å². The summed E-state index contributed by atoms with van der Waals surface area (Å²) in [6.07, 6.45) is 4.72. The average molecular weight is 303 g/mol. The van der Waals surface area contributed by atoms with Gasteiger partial charge in [-0.25, -0.2) is 0 Å². The van der Waals surface area contributed by atoms with E-state index in [4.69, 9.17) is 11.6 Å². The summed E-state index contributed by atoms with van der Waals surface area (Å²) in [5, 5.41) is 3.33. The van der Waals surface area contributed by atoms with Crippen LogP contribution in [0.15, 0.2) is 53.5 Å². The predicted molar refractivity (Wildman–Crippen MR) is 85.5 cm³/mol. The van der Waals surface area contributed by atoms with Gasteiger partial charge in [0.25, 0.3) is 5.56 Å². The zero-order chi connectivity index (χ0) is 15.2. The Hall–Kier alpha value is -2.33. The van der Waals surface area contributed by atoms with Crippen molar-refractivity contribution in [3.8, 4) is 0 Å². The molecule has 1 N–H and O–H groups in total. The minimum atomic E-state index is -0.267. The van der Waals surface area contributed by atoms with Gasteiger partial charge in [-0.05, 0) is 36.8 Å². The summed E-state index contributed by atoms with van der Waals surface area (Å²) < 4.78 is 1.52. The van der Waals surface area contributed by atoms with Gasteiger partial charge in [0.05, 0.1) is 5.69 Å². The van der Waals surface area contributed by atoms with Crippen LogP contribution in [0.5, 0.6) is 0 Å². The average Bonchev–Trinajstić information content (AvgIpc) is 2.47. The maximum absolute atomic E-state index is 11.8. The Balaban J connectivity index is 2.06. The number of aromatic nitrogens is 1. The second-order valence-corrected chi connectivity index (χ2v) is 4.86. The van der Waals surface area contributed by atoms with Crippen molar-refractivity contribution in [3.63, 3.8) is 0 Å². The molecule has 0 aliphatic carbocycles. The summed E-state index contributed by atoms with van der Waals surface area (Å²) in [4.78, 5) is 23.3. The number of carbonyl (C=O) groups is 1. The first kappa shape index (κ1) is 15.1. The maximum atomic E-state index is 11.8. The van der Waals surface area contributed by atoms with Crippen LogP contribution >= 0.6 is 11.6 Å². The molecule has 5 heteroatoms. The molecule has 2 aromatic rings. The molecule has 4 nitrogen and oxygen atoms in total. The zero-order valence-corrected chi connectivity index (χ0v) is 12.3. The smallest absolute Gasteiger partial charge is 0.250 e. The van der Waals surface area contributed by atoms with E-state index < -0.39 is 0 Å². The number of hydrogen-bond acceptors (Lipinski definition) is 2. The van der Waals surface area contributed by atoms with Crippen LogP contribution in [0.2, 0.25) is 5.02 Å². The molecule has 0 aliphatic heterocycles. The van der Waals surface area contributed by atoms with E-state index >= 15 is 0 Å². The second kappa shape index (κ2) is 6.90. The molecule has 0 atom stereocenters. The summed E-state index contributed by atoms with van der Waals surface area (Å²) in [7, 11) is 0. The molecule has 1 aromatic carbocycles. The summed E-state index contributed by atoms with van der Waals surface area (Å²) in [6.45, 7) is 2.42. The van der Waals surface area contributed by atoms with Gasteiger partial charge in [0.1, 0.15) is 0 Å². The van der Waals surface area contributed by atoms with Crippen LogP contribution in [0.25, 0.3) is 6.08 Å². The minimum absolute atomic E-state index is 0.0926. The normalized spacial score (nSPS) is 10.8. The Morgan fingerprint density at radius 2 is 2.14 bits per heavy atom. The molecule has 21 heavy (non-hydrogen) atoms. The molecule has 1 aromatic heterocycles. The molecule has 1 amide bonds. The number of nitrogens with one attached hydrogen (secondary N) is 1. The van der Waals surface area contributed by atoms with E-state index in [1.54, 1.807) is 30.5 Å². The summed E-state index contributed by atoms with van der Waals surface area (Å²) in [5.74, 6) is -0.267. The van der Waals surface area contributed by atoms with Crippen molar-refractivity contribution < 1.29 is 4.79 Å². The number of hydrogen-bond donors (Lipinski definition) is 1. The van der Waals surface area contributed by atoms with E-state index in [2.05, 4.69) is 5.32 Å². The molecule has 0 unspecified atom stereocenters. The van der Waals surface area contributed by atoms with Crippen LogP contribution in [0.4, 0.5) is 5.69 Å². The number of aryl methyl sites for hydroxylation is 1. The Kier molecular flexibility index (Phi) is 4.95. The molecule has 0 bridgehead atoms. The topological polar surface area (TPSA) is 51.1 Å². The maximum Gasteiger partial charge on any atom is 0.250 e. The molecule has 0 saturated carbocycles. The molecule has 0 spiro atoms. The molecular formula is C16H15ClN2O2. The van der Waals surface area contributed by atoms with Gasteiger partial charge in [-0.1, -0.05) is 23.7 Å². The van der Waals surface area contributed by atoms with Gasteiger partial charge < -0.3 is 9.88 Å². The SMILES string of the molecule is CCn1cc(NC(=O)/C=C\c2cccc(Cl)c2)ccc1=O. The van der Waals surface area contributed by atoms with Gasteiger partial charge in [0.15, 0.2) is 0 Å². The van der Waals surface area contributed by atoms with Crippen LogP contribution in [0, 0.1) is 0 Å². The highest BCUT2D eigenvalue weighted by Gasteiger charge is 2.00. The molecule has 2 rings (SSSR count). The van der Waals surface area contributed by atoms with Gasteiger partial charge in [-0.2, -0.15) is 0 Å². The standard InChI is InChI=1S/C16H15ClN2O2/c1-2-19-11-14(7-9-16(19)21)18-15(20)8-6-12-4-3-5-13(17)10-12/h3-11H,2H2,1H3,(H,18,20)/b8-6-. The number of amides is 1. The summed E-state index contributed by atoms with van der Waals surface area (Å²) in [5.41, 5.74) is 1.33. The largest absolute Gasteiger partial charge is 0.321 e.